The zero-order valence-corrected chi connectivity index (χ0v) is 12.2. The summed E-state index contributed by atoms with van der Waals surface area (Å²) in [7, 11) is 0. The lowest BCUT2D eigenvalue weighted by Gasteiger charge is -2.41. The lowest BCUT2D eigenvalue weighted by atomic mass is 9.88. The lowest BCUT2D eigenvalue weighted by molar-refractivity contribution is 0.0777. The maximum atomic E-state index is 9.73. The molecule has 1 saturated carbocycles. The highest BCUT2D eigenvalue weighted by Crippen LogP contribution is 2.28. The Kier molecular flexibility index (Phi) is 4.39. The van der Waals surface area contributed by atoms with Crippen molar-refractivity contribution in [2.24, 2.45) is 0 Å². The highest BCUT2D eigenvalue weighted by molar-refractivity contribution is 5.15. The van der Waals surface area contributed by atoms with Crippen molar-refractivity contribution in [3.63, 3.8) is 0 Å². The Bertz CT molecular complexity index is 408. The Morgan fingerprint density at radius 1 is 1.15 bits per heavy atom. The van der Waals surface area contributed by atoms with Crippen molar-refractivity contribution in [2.45, 2.75) is 43.7 Å². The summed E-state index contributed by atoms with van der Waals surface area (Å²) in [5.41, 5.74) is 1.42. The molecule has 0 aromatic heterocycles. The van der Waals surface area contributed by atoms with E-state index in [2.05, 4.69) is 40.5 Å². The Balaban J connectivity index is 1.45. The second-order valence-electron chi connectivity index (χ2n) is 6.43. The molecular formula is C17H26N2O. The first-order valence-electron chi connectivity index (χ1n) is 7.94. The summed E-state index contributed by atoms with van der Waals surface area (Å²) in [6.45, 7) is 3.63. The van der Waals surface area contributed by atoms with E-state index in [0.717, 1.165) is 38.9 Å². The van der Waals surface area contributed by atoms with Crippen LogP contribution in [-0.4, -0.2) is 47.8 Å². The molecule has 0 amide bonds. The van der Waals surface area contributed by atoms with Crippen LogP contribution >= 0.6 is 0 Å². The van der Waals surface area contributed by atoms with Gasteiger partial charge < -0.3 is 15.3 Å². The average molecular weight is 274 g/mol. The molecule has 2 N–H and O–H groups in total. The molecule has 3 nitrogen and oxygen atoms in total. The van der Waals surface area contributed by atoms with Crippen molar-refractivity contribution in [2.75, 3.05) is 26.2 Å². The van der Waals surface area contributed by atoms with Gasteiger partial charge in [0.15, 0.2) is 0 Å². The van der Waals surface area contributed by atoms with Crippen LogP contribution in [0, 0.1) is 0 Å². The third kappa shape index (κ3) is 3.60. The summed E-state index contributed by atoms with van der Waals surface area (Å²) in [6, 6.07) is 11.4. The summed E-state index contributed by atoms with van der Waals surface area (Å²) in [4.78, 5) is 2.54. The average Bonchev–Trinajstić information content (AvgIpc) is 3.31. The first-order chi connectivity index (χ1) is 9.80. The van der Waals surface area contributed by atoms with E-state index in [0.29, 0.717) is 6.04 Å². The van der Waals surface area contributed by atoms with Crippen molar-refractivity contribution in [1.82, 2.24) is 10.2 Å². The fourth-order valence-corrected chi connectivity index (χ4v) is 3.15. The predicted octanol–water partition coefficient (Wildman–Crippen LogP) is 1.81. The third-order valence-electron chi connectivity index (χ3n) is 4.76. The Morgan fingerprint density at radius 3 is 2.45 bits per heavy atom. The van der Waals surface area contributed by atoms with Crippen LogP contribution < -0.4 is 5.32 Å². The number of rotatable bonds is 6. The number of hydrogen-bond donors (Lipinski definition) is 2. The van der Waals surface area contributed by atoms with Crippen LogP contribution in [0.5, 0.6) is 0 Å². The molecule has 0 spiro atoms. The van der Waals surface area contributed by atoms with Crippen molar-refractivity contribution in [3.8, 4) is 0 Å². The predicted molar refractivity (Wildman–Crippen MR) is 81.8 cm³/mol. The van der Waals surface area contributed by atoms with E-state index in [9.17, 15) is 5.11 Å². The van der Waals surface area contributed by atoms with E-state index >= 15 is 0 Å². The monoisotopic (exact) mass is 274 g/mol. The normalized spacial score (nSPS) is 22.9. The molecule has 0 radical (unpaired) electrons. The van der Waals surface area contributed by atoms with E-state index < -0.39 is 0 Å². The topological polar surface area (TPSA) is 35.5 Å². The number of piperidine rings is 1. The first-order valence-corrected chi connectivity index (χ1v) is 7.94. The molecule has 1 aromatic rings. The molecule has 1 aliphatic heterocycles. The van der Waals surface area contributed by atoms with Crippen LogP contribution in [0.3, 0.4) is 0 Å². The molecule has 0 atom stereocenters. The maximum Gasteiger partial charge on any atom is 0.0614 e. The zero-order valence-electron chi connectivity index (χ0n) is 12.2. The second kappa shape index (κ2) is 6.25. The maximum absolute atomic E-state index is 9.73. The summed E-state index contributed by atoms with van der Waals surface area (Å²) in [6.07, 6.45) is 5.87. The summed E-state index contributed by atoms with van der Waals surface area (Å²) in [5, 5.41) is 13.4. The molecule has 1 saturated heterocycles. The summed E-state index contributed by atoms with van der Waals surface area (Å²) >= 11 is 0. The Hall–Kier alpha value is -0.900. The number of likely N-dealkylation sites (tertiary alicyclic amines) is 1. The van der Waals surface area contributed by atoms with Gasteiger partial charge in [0.2, 0.25) is 0 Å². The molecule has 0 unspecified atom stereocenters. The molecule has 20 heavy (non-hydrogen) atoms. The van der Waals surface area contributed by atoms with Gasteiger partial charge in [0.1, 0.15) is 0 Å². The Labute approximate surface area is 122 Å². The van der Waals surface area contributed by atoms with Crippen LogP contribution in [0.2, 0.25) is 0 Å². The van der Waals surface area contributed by atoms with Crippen molar-refractivity contribution in [3.05, 3.63) is 35.9 Å². The van der Waals surface area contributed by atoms with Gasteiger partial charge in [-0.15, -0.1) is 0 Å². The van der Waals surface area contributed by atoms with Crippen molar-refractivity contribution < 1.29 is 5.11 Å². The minimum Gasteiger partial charge on any atom is -0.394 e. The molecule has 110 valence electrons. The number of aliphatic hydroxyl groups excluding tert-OH is 1. The van der Waals surface area contributed by atoms with E-state index in [4.69, 9.17) is 0 Å². The molecule has 1 aliphatic carbocycles. The quantitative estimate of drug-likeness (QED) is 0.830. The fraction of sp³-hybridized carbons (Fsp3) is 0.647. The third-order valence-corrected chi connectivity index (χ3v) is 4.76. The number of aliphatic hydroxyl groups is 1. The van der Waals surface area contributed by atoms with Gasteiger partial charge in [-0.1, -0.05) is 30.3 Å². The van der Waals surface area contributed by atoms with Gasteiger partial charge >= 0.3 is 0 Å². The molecule has 1 heterocycles. The van der Waals surface area contributed by atoms with Crippen molar-refractivity contribution in [1.29, 1.82) is 0 Å². The minimum atomic E-state index is 0.00438. The molecule has 2 aliphatic rings. The molecule has 2 fully saturated rings. The SMILES string of the molecule is OCC1(NC2CC2)CCN(CCc2ccccc2)CC1. The number of hydrogen-bond acceptors (Lipinski definition) is 3. The smallest absolute Gasteiger partial charge is 0.0614 e. The molecule has 0 bridgehead atoms. The van der Waals surface area contributed by atoms with Gasteiger partial charge in [0, 0.05) is 18.1 Å². The molecular weight excluding hydrogens is 248 g/mol. The van der Waals surface area contributed by atoms with E-state index in [1.807, 2.05) is 0 Å². The van der Waals surface area contributed by atoms with E-state index in [1.165, 1.54) is 18.4 Å². The van der Waals surface area contributed by atoms with Gasteiger partial charge in [0.25, 0.3) is 0 Å². The van der Waals surface area contributed by atoms with Gasteiger partial charge in [-0.2, -0.15) is 0 Å². The lowest BCUT2D eigenvalue weighted by Crippen LogP contribution is -2.56. The number of nitrogens with zero attached hydrogens (tertiary/aromatic N) is 1. The first kappa shape index (κ1) is 14.1. The Morgan fingerprint density at radius 2 is 1.85 bits per heavy atom. The zero-order chi connectivity index (χ0) is 13.8. The van der Waals surface area contributed by atoms with Gasteiger partial charge in [-0.3, -0.25) is 0 Å². The van der Waals surface area contributed by atoms with E-state index in [-0.39, 0.29) is 12.1 Å². The van der Waals surface area contributed by atoms with Crippen LogP contribution in [-0.2, 0) is 6.42 Å². The van der Waals surface area contributed by atoms with Crippen LogP contribution in [0.15, 0.2) is 30.3 Å². The highest BCUT2D eigenvalue weighted by Gasteiger charge is 2.38. The molecule has 1 aromatic carbocycles. The van der Waals surface area contributed by atoms with Gasteiger partial charge in [-0.05, 0) is 50.8 Å². The van der Waals surface area contributed by atoms with Crippen LogP contribution in [0.1, 0.15) is 31.2 Å². The van der Waals surface area contributed by atoms with E-state index in [1.54, 1.807) is 0 Å². The molecule has 3 rings (SSSR count). The van der Waals surface area contributed by atoms with Crippen LogP contribution in [0.4, 0.5) is 0 Å². The number of benzene rings is 1. The standard InChI is InChI=1S/C17H26N2O/c20-14-17(18-16-6-7-16)9-12-19(13-10-17)11-8-15-4-2-1-3-5-15/h1-5,16,18,20H,6-14H2. The highest BCUT2D eigenvalue weighted by atomic mass is 16.3. The van der Waals surface area contributed by atoms with Gasteiger partial charge in [-0.25, -0.2) is 0 Å². The molecule has 3 heteroatoms. The fourth-order valence-electron chi connectivity index (χ4n) is 3.15. The summed E-state index contributed by atoms with van der Waals surface area (Å²) in [5.74, 6) is 0. The van der Waals surface area contributed by atoms with Crippen LogP contribution in [0.25, 0.3) is 0 Å². The van der Waals surface area contributed by atoms with Crippen molar-refractivity contribution >= 4 is 0 Å². The minimum absolute atomic E-state index is 0.00438. The number of nitrogens with one attached hydrogen (secondary N) is 1. The van der Waals surface area contributed by atoms with Gasteiger partial charge in [0.05, 0.1) is 6.61 Å². The second-order valence-corrected chi connectivity index (χ2v) is 6.43. The summed E-state index contributed by atoms with van der Waals surface area (Å²) < 4.78 is 0. The largest absolute Gasteiger partial charge is 0.394 e.